The van der Waals surface area contributed by atoms with Gasteiger partial charge in [-0.25, -0.2) is 0 Å². The lowest BCUT2D eigenvalue weighted by molar-refractivity contribution is -0.104. The summed E-state index contributed by atoms with van der Waals surface area (Å²) in [6, 6.07) is 8.50. The molecule has 4 nitrogen and oxygen atoms in total. The molecule has 4 heteroatoms. The Morgan fingerprint density at radius 1 is 0.692 bits per heavy atom. The van der Waals surface area contributed by atoms with E-state index in [1.54, 1.807) is 16.7 Å². The number of fused-ring (bicyclic) bond motifs is 9. The number of rotatable bonds is 2. The predicted octanol–water partition coefficient (Wildman–Crippen LogP) is 10.3. The number of pyridine rings is 2. The quantitative estimate of drug-likeness (QED) is 0.307. The van der Waals surface area contributed by atoms with Gasteiger partial charge in [0.2, 0.25) is 0 Å². The molecule has 3 unspecified atom stereocenters. The minimum atomic E-state index is -0.121. The molecule has 9 aliphatic carbocycles. The number of aliphatic hydroxyl groups is 2. The van der Waals surface area contributed by atoms with Crippen molar-refractivity contribution in [3.8, 4) is 0 Å². The number of nitrogens with zero attached hydrogens (tertiary/aromatic N) is 2. The molecule has 0 radical (unpaired) electrons. The van der Waals surface area contributed by atoms with Crippen LogP contribution in [0.1, 0.15) is 116 Å². The van der Waals surface area contributed by atoms with Crippen LogP contribution in [-0.2, 0) is 0 Å². The van der Waals surface area contributed by atoms with Gasteiger partial charge in [-0.2, -0.15) is 0 Å². The molecule has 9 aliphatic rings. The summed E-state index contributed by atoms with van der Waals surface area (Å²) in [6.07, 6.45) is 33.8. The van der Waals surface area contributed by atoms with Crippen LogP contribution in [0.15, 0.2) is 96.2 Å². The van der Waals surface area contributed by atoms with Gasteiger partial charge in [0.05, 0.1) is 12.2 Å². The van der Waals surface area contributed by atoms with Gasteiger partial charge in [0.25, 0.3) is 0 Å². The molecule has 11 rings (SSSR count). The lowest BCUT2D eigenvalue weighted by Gasteiger charge is -2.58. The third-order valence-corrected chi connectivity index (χ3v) is 17.7. The highest BCUT2D eigenvalue weighted by atomic mass is 16.3. The van der Waals surface area contributed by atoms with Gasteiger partial charge in [-0.1, -0.05) is 86.9 Å². The minimum Gasteiger partial charge on any atom is -0.393 e. The van der Waals surface area contributed by atoms with Gasteiger partial charge in [0.15, 0.2) is 0 Å². The summed E-state index contributed by atoms with van der Waals surface area (Å²) < 4.78 is 0. The van der Waals surface area contributed by atoms with Crippen molar-refractivity contribution in [1.82, 2.24) is 9.97 Å². The zero-order valence-electron chi connectivity index (χ0n) is 31.8. The van der Waals surface area contributed by atoms with Crippen molar-refractivity contribution in [3.05, 3.63) is 107 Å². The van der Waals surface area contributed by atoms with Crippen LogP contribution in [0.25, 0.3) is 11.1 Å². The van der Waals surface area contributed by atoms with E-state index in [1.165, 1.54) is 67.2 Å². The lowest BCUT2D eigenvalue weighted by atomic mass is 9.47. The topological polar surface area (TPSA) is 66.2 Å². The van der Waals surface area contributed by atoms with E-state index in [2.05, 4.69) is 80.2 Å². The molecule has 0 aromatic carbocycles. The second kappa shape index (κ2) is 11.5. The van der Waals surface area contributed by atoms with E-state index in [9.17, 15) is 10.2 Å². The second-order valence-electron chi connectivity index (χ2n) is 19.5. The third-order valence-electron chi connectivity index (χ3n) is 17.7. The van der Waals surface area contributed by atoms with Gasteiger partial charge in [-0.15, -0.1) is 0 Å². The van der Waals surface area contributed by atoms with Gasteiger partial charge in [0.1, 0.15) is 0 Å². The summed E-state index contributed by atoms with van der Waals surface area (Å²) >= 11 is 0. The van der Waals surface area contributed by atoms with Crippen molar-refractivity contribution >= 4 is 11.1 Å². The molecule has 0 aliphatic heterocycles. The largest absolute Gasteiger partial charge is 0.393 e. The smallest absolute Gasteiger partial charge is 0.0610 e. The molecule has 0 amide bonds. The number of allylic oxidation sites excluding steroid dienone is 9. The van der Waals surface area contributed by atoms with Crippen molar-refractivity contribution in [2.75, 3.05) is 0 Å². The average molecular weight is 695 g/mol. The first-order valence-corrected chi connectivity index (χ1v) is 20.7. The van der Waals surface area contributed by atoms with E-state index in [0.717, 1.165) is 49.9 Å². The highest BCUT2D eigenvalue weighted by Gasteiger charge is 2.76. The maximum Gasteiger partial charge on any atom is 0.0610 e. The molecule has 2 heterocycles. The van der Waals surface area contributed by atoms with Crippen molar-refractivity contribution in [1.29, 1.82) is 0 Å². The molecule has 2 N–H and O–H groups in total. The molecule has 1 spiro atoms. The first-order chi connectivity index (χ1) is 25.0. The summed E-state index contributed by atoms with van der Waals surface area (Å²) in [5, 5.41) is 21.4. The van der Waals surface area contributed by atoms with Crippen LogP contribution in [0.4, 0.5) is 0 Å². The maximum absolute atomic E-state index is 11.2. The van der Waals surface area contributed by atoms with Crippen LogP contribution in [0, 0.1) is 56.7 Å². The van der Waals surface area contributed by atoms with Crippen LogP contribution in [0.5, 0.6) is 0 Å². The summed E-state index contributed by atoms with van der Waals surface area (Å²) in [5.74, 6) is 3.53. The number of hydrogen-bond acceptors (Lipinski definition) is 4. The maximum atomic E-state index is 11.2. The monoisotopic (exact) mass is 694 g/mol. The highest BCUT2D eigenvalue weighted by Crippen LogP contribution is 2.81. The fourth-order valence-corrected chi connectivity index (χ4v) is 14.8. The van der Waals surface area contributed by atoms with E-state index in [-0.39, 0.29) is 28.5 Å². The van der Waals surface area contributed by atoms with Crippen LogP contribution in [0.2, 0.25) is 0 Å². The second-order valence-corrected chi connectivity index (χ2v) is 19.5. The molecule has 52 heavy (non-hydrogen) atoms. The zero-order chi connectivity index (χ0) is 35.7. The van der Waals surface area contributed by atoms with Gasteiger partial charge in [-0.3, -0.25) is 9.97 Å². The molecule has 2 aromatic heterocycles. The first kappa shape index (κ1) is 33.5. The summed E-state index contributed by atoms with van der Waals surface area (Å²) in [4.78, 5) is 8.71. The van der Waals surface area contributed by atoms with Gasteiger partial charge < -0.3 is 10.2 Å². The van der Waals surface area contributed by atoms with E-state index in [1.807, 2.05) is 36.9 Å². The van der Waals surface area contributed by atoms with Crippen molar-refractivity contribution in [3.63, 3.8) is 0 Å². The average Bonchev–Trinajstić information content (AvgIpc) is 3.45. The Morgan fingerprint density at radius 3 is 1.94 bits per heavy atom. The van der Waals surface area contributed by atoms with Crippen LogP contribution in [0.3, 0.4) is 0 Å². The van der Waals surface area contributed by atoms with Crippen molar-refractivity contribution < 1.29 is 10.2 Å². The van der Waals surface area contributed by atoms with E-state index >= 15 is 0 Å². The Kier molecular flexibility index (Phi) is 7.38. The molecule has 6 saturated carbocycles. The highest BCUT2D eigenvalue weighted by molar-refractivity contribution is 5.79. The van der Waals surface area contributed by atoms with Gasteiger partial charge in [-0.05, 0) is 152 Å². The SMILES string of the molecule is C[C@]12CC[C@H]3[C@@H](CC(O)C45CC4CC[C@]35C)C1=CC=C2c1cccnc1.C[C@]12CC[C@H]3[C@@H](CC=C4C[C@H](O)CC[C@@]43C)C1=CC=C2c1cccnc1. The fraction of sp³-hybridized carbons (Fsp3) is 0.583. The summed E-state index contributed by atoms with van der Waals surface area (Å²) in [6.45, 7) is 9.91. The minimum absolute atomic E-state index is 0.0908. The Morgan fingerprint density at radius 2 is 1.33 bits per heavy atom. The molecule has 272 valence electrons. The molecule has 12 atom stereocenters. The summed E-state index contributed by atoms with van der Waals surface area (Å²) in [7, 11) is 0. The number of hydrogen-bond donors (Lipinski definition) is 2. The van der Waals surface area contributed by atoms with Crippen LogP contribution in [-0.4, -0.2) is 32.4 Å². The predicted molar refractivity (Wildman–Crippen MR) is 208 cm³/mol. The van der Waals surface area contributed by atoms with Crippen molar-refractivity contribution in [2.45, 2.75) is 117 Å². The standard InChI is InChI=1S/2C24H29NO/c1-22-9-8-20-17(12-21(26)24-13-16(24)7-10-23(20,24)2)19(22)6-5-18(22)15-4-3-11-25-14-15;1-23-11-9-18(26)14-17(23)5-6-19-21-8-7-20(16-4-3-13-25-15-16)24(21,2)12-10-22(19)23/h3-6,11,14,16-17,20-21,26H,7-10,12-13H2,1-2H3;3-5,7-8,13,15,18-19,22,26H,6,9-12,14H2,1-2H3/t16?,17-,20-,21?,22+,23+,24?;18-,19+,22+,23+,24-/m01/s1. The van der Waals surface area contributed by atoms with E-state index in [4.69, 9.17) is 0 Å². The van der Waals surface area contributed by atoms with Gasteiger partial charge >= 0.3 is 0 Å². The molecular formula is C48H58N2O2. The molecule has 0 saturated heterocycles. The summed E-state index contributed by atoms with van der Waals surface area (Å²) in [5.41, 5.74) is 11.5. The van der Waals surface area contributed by atoms with Crippen LogP contribution < -0.4 is 0 Å². The van der Waals surface area contributed by atoms with E-state index < -0.39 is 0 Å². The lowest BCUT2D eigenvalue weighted by Crippen LogP contribution is -2.54. The zero-order valence-corrected chi connectivity index (χ0v) is 31.8. The Bertz CT molecular complexity index is 1940. The van der Waals surface area contributed by atoms with E-state index in [0.29, 0.717) is 22.7 Å². The van der Waals surface area contributed by atoms with Gasteiger partial charge in [0, 0.05) is 41.0 Å². The number of aliphatic hydroxyl groups excluding tert-OH is 2. The molecule has 0 bridgehead atoms. The Labute approximate surface area is 311 Å². The Hall–Kier alpha value is -3.08. The fourth-order valence-electron chi connectivity index (χ4n) is 14.8. The Balaban J connectivity index is 0.000000130. The molecule has 6 fully saturated rings. The van der Waals surface area contributed by atoms with Crippen LogP contribution >= 0.6 is 0 Å². The number of aromatic nitrogens is 2. The first-order valence-electron chi connectivity index (χ1n) is 20.7. The normalized spacial score (nSPS) is 46.1. The van der Waals surface area contributed by atoms with Crippen molar-refractivity contribution in [2.24, 2.45) is 56.7 Å². The molecular weight excluding hydrogens is 637 g/mol. The third kappa shape index (κ3) is 4.40. The molecule has 2 aromatic rings.